The molecule has 1 unspecified atom stereocenters. The summed E-state index contributed by atoms with van der Waals surface area (Å²) in [7, 11) is 0. The van der Waals surface area contributed by atoms with Crippen molar-refractivity contribution >= 4 is 5.97 Å². The lowest BCUT2D eigenvalue weighted by atomic mass is 10.1. The van der Waals surface area contributed by atoms with Gasteiger partial charge in [0.05, 0.1) is 0 Å². The van der Waals surface area contributed by atoms with Crippen molar-refractivity contribution in [2.24, 2.45) is 0 Å². The number of para-hydroxylation sites is 1. The molecule has 0 aliphatic carbocycles. The lowest BCUT2D eigenvalue weighted by Gasteiger charge is -2.19. The highest BCUT2D eigenvalue weighted by Crippen LogP contribution is 2.22. The normalized spacial score (nSPS) is 11.9. The van der Waals surface area contributed by atoms with Crippen LogP contribution in [0.1, 0.15) is 45.6 Å². The van der Waals surface area contributed by atoms with Gasteiger partial charge in [-0.1, -0.05) is 45.4 Å². The Bertz CT molecular complexity index is 374. The molecular formula is C15H22O3. The molecule has 0 fully saturated rings. The summed E-state index contributed by atoms with van der Waals surface area (Å²) in [5, 5.41) is 0. The smallest absolute Gasteiger partial charge is 0.308 e. The summed E-state index contributed by atoms with van der Waals surface area (Å²) in [6.07, 6.45) is 2.55. The maximum Gasteiger partial charge on any atom is 0.308 e. The summed E-state index contributed by atoms with van der Waals surface area (Å²) in [5.74, 6) is 0.588. The first-order chi connectivity index (χ1) is 8.71. The number of carbonyl (C=O) groups is 1. The molecule has 18 heavy (non-hydrogen) atoms. The van der Waals surface area contributed by atoms with Gasteiger partial charge in [-0.3, -0.25) is 4.79 Å². The second kappa shape index (κ2) is 7.75. The van der Waals surface area contributed by atoms with Gasteiger partial charge in [0.2, 0.25) is 6.29 Å². The van der Waals surface area contributed by atoms with E-state index in [4.69, 9.17) is 9.47 Å². The van der Waals surface area contributed by atoms with Crippen molar-refractivity contribution in [1.82, 2.24) is 0 Å². The van der Waals surface area contributed by atoms with Gasteiger partial charge in [-0.25, -0.2) is 0 Å². The van der Waals surface area contributed by atoms with Gasteiger partial charge >= 0.3 is 5.97 Å². The van der Waals surface area contributed by atoms with Crippen LogP contribution in [0.3, 0.4) is 0 Å². The van der Waals surface area contributed by atoms with Crippen molar-refractivity contribution in [1.29, 1.82) is 0 Å². The highest BCUT2D eigenvalue weighted by Gasteiger charge is 2.14. The number of aryl methyl sites for hydroxylation is 1. The molecule has 0 heterocycles. The van der Waals surface area contributed by atoms with Crippen LogP contribution in [0.15, 0.2) is 24.3 Å². The minimum Gasteiger partial charge on any atom is -0.455 e. The van der Waals surface area contributed by atoms with E-state index in [1.165, 1.54) is 0 Å². The predicted molar refractivity (Wildman–Crippen MR) is 71.5 cm³/mol. The van der Waals surface area contributed by atoms with Crippen molar-refractivity contribution < 1.29 is 14.3 Å². The van der Waals surface area contributed by atoms with Gasteiger partial charge in [-0.15, -0.1) is 0 Å². The molecule has 0 aromatic heterocycles. The van der Waals surface area contributed by atoms with E-state index in [0.717, 1.165) is 24.2 Å². The maximum atomic E-state index is 11.3. The SMILES string of the molecule is CCCc1ccccc1OC(CC)OC(=O)CC. The molecule has 1 aromatic carbocycles. The Labute approximate surface area is 109 Å². The fraction of sp³-hybridized carbons (Fsp3) is 0.533. The average Bonchev–Trinajstić information content (AvgIpc) is 2.40. The second-order valence-electron chi connectivity index (χ2n) is 4.16. The maximum absolute atomic E-state index is 11.3. The van der Waals surface area contributed by atoms with Gasteiger partial charge in [0, 0.05) is 12.8 Å². The lowest BCUT2D eigenvalue weighted by molar-refractivity contribution is -0.163. The summed E-state index contributed by atoms with van der Waals surface area (Å²) >= 11 is 0. The molecule has 0 bridgehead atoms. The van der Waals surface area contributed by atoms with Crippen LogP contribution >= 0.6 is 0 Å². The second-order valence-corrected chi connectivity index (χ2v) is 4.16. The van der Waals surface area contributed by atoms with Crippen LogP contribution in [0.4, 0.5) is 0 Å². The van der Waals surface area contributed by atoms with Crippen LogP contribution in [0, 0.1) is 0 Å². The molecule has 1 atom stereocenters. The van der Waals surface area contributed by atoms with E-state index in [2.05, 4.69) is 6.92 Å². The molecule has 0 radical (unpaired) electrons. The molecule has 0 spiro atoms. The van der Waals surface area contributed by atoms with Crippen molar-refractivity contribution in [3.63, 3.8) is 0 Å². The topological polar surface area (TPSA) is 35.5 Å². The van der Waals surface area contributed by atoms with E-state index < -0.39 is 6.29 Å². The predicted octanol–water partition coefficient (Wildman–Crippen LogP) is 3.71. The number of ether oxygens (including phenoxy) is 2. The largest absolute Gasteiger partial charge is 0.455 e. The molecule has 1 aromatic rings. The molecule has 0 N–H and O–H groups in total. The highest BCUT2D eigenvalue weighted by atomic mass is 16.7. The first-order valence-electron chi connectivity index (χ1n) is 6.65. The number of carbonyl (C=O) groups excluding carboxylic acids is 1. The third-order valence-electron chi connectivity index (χ3n) is 2.64. The fourth-order valence-corrected chi connectivity index (χ4v) is 1.66. The fourth-order valence-electron chi connectivity index (χ4n) is 1.66. The third kappa shape index (κ3) is 4.40. The molecule has 0 aliphatic rings. The monoisotopic (exact) mass is 250 g/mol. The molecule has 1 rings (SSSR count). The van der Waals surface area contributed by atoms with Crippen LogP contribution in [0.5, 0.6) is 5.75 Å². The number of benzene rings is 1. The molecular weight excluding hydrogens is 228 g/mol. The Hall–Kier alpha value is -1.51. The first-order valence-corrected chi connectivity index (χ1v) is 6.65. The van der Waals surface area contributed by atoms with E-state index >= 15 is 0 Å². The number of hydrogen-bond acceptors (Lipinski definition) is 3. The molecule has 3 nitrogen and oxygen atoms in total. The number of rotatable bonds is 7. The van der Waals surface area contributed by atoms with Gasteiger partial charge in [0.15, 0.2) is 0 Å². The third-order valence-corrected chi connectivity index (χ3v) is 2.64. The standard InChI is InChI=1S/C15H22O3/c1-4-9-12-10-7-8-11-13(12)17-15(6-3)18-14(16)5-2/h7-8,10-11,15H,4-6,9H2,1-3H3. The summed E-state index contributed by atoms with van der Waals surface area (Å²) in [5.41, 5.74) is 1.16. The summed E-state index contributed by atoms with van der Waals surface area (Å²) in [4.78, 5) is 11.3. The Balaban J connectivity index is 2.71. The quantitative estimate of drug-likeness (QED) is 0.546. The molecule has 3 heteroatoms. The summed E-state index contributed by atoms with van der Waals surface area (Å²) < 4.78 is 11.0. The van der Waals surface area contributed by atoms with Crippen molar-refractivity contribution in [2.45, 2.75) is 52.7 Å². The van der Waals surface area contributed by atoms with Gasteiger partial charge in [0.25, 0.3) is 0 Å². The minimum absolute atomic E-state index is 0.227. The van der Waals surface area contributed by atoms with Gasteiger partial charge in [0.1, 0.15) is 5.75 Å². The van der Waals surface area contributed by atoms with E-state index in [9.17, 15) is 4.79 Å². The van der Waals surface area contributed by atoms with Crippen LogP contribution in [0.25, 0.3) is 0 Å². The Kier molecular flexibility index (Phi) is 6.26. The van der Waals surface area contributed by atoms with E-state index in [0.29, 0.717) is 12.8 Å². The highest BCUT2D eigenvalue weighted by molar-refractivity contribution is 5.69. The van der Waals surface area contributed by atoms with Gasteiger partial charge in [-0.2, -0.15) is 0 Å². The Morgan fingerprint density at radius 1 is 1.22 bits per heavy atom. The van der Waals surface area contributed by atoms with Gasteiger partial charge < -0.3 is 9.47 Å². The lowest BCUT2D eigenvalue weighted by Crippen LogP contribution is -2.23. The molecule has 0 amide bonds. The van der Waals surface area contributed by atoms with E-state index in [-0.39, 0.29) is 5.97 Å². The Morgan fingerprint density at radius 2 is 1.94 bits per heavy atom. The summed E-state index contributed by atoms with van der Waals surface area (Å²) in [6, 6.07) is 7.90. The minimum atomic E-state index is -0.490. The van der Waals surface area contributed by atoms with E-state index in [1.54, 1.807) is 6.92 Å². The van der Waals surface area contributed by atoms with Crippen LogP contribution in [-0.2, 0) is 16.0 Å². The molecule has 0 saturated heterocycles. The van der Waals surface area contributed by atoms with Gasteiger partial charge in [-0.05, 0) is 18.1 Å². The first kappa shape index (κ1) is 14.6. The average molecular weight is 250 g/mol. The van der Waals surface area contributed by atoms with Crippen LogP contribution in [-0.4, -0.2) is 12.3 Å². The zero-order valence-electron chi connectivity index (χ0n) is 11.4. The number of hydrogen-bond donors (Lipinski definition) is 0. The number of esters is 1. The van der Waals surface area contributed by atoms with E-state index in [1.807, 2.05) is 31.2 Å². The zero-order valence-corrected chi connectivity index (χ0v) is 11.4. The molecule has 100 valence electrons. The van der Waals surface area contributed by atoms with Crippen LogP contribution in [0.2, 0.25) is 0 Å². The van der Waals surface area contributed by atoms with Crippen LogP contribution < -0.4 is 4.74 Å². The zero-order chi connectivity index (χ0) is 13.4. The van der Waals surface area contributed by atoms with Crippen molar-refractivity contribution in [3.05, 3.63) is 29.8 Å². The Morgan fingerprint density at radius 3 is 2.56 bits per heavy atom. The van der Waals surface area contributed by atoms with Crippen molar-refractivity contribution in [2.75, 3.05) is 0 Å². The summed E-state index contributed by atoms with van der Waals surface area (Å²) in [6.45, 7) is 5.85. The molecule has 0 saturated carbocycles. The molecule has 0 aliphatic heterocycles. The van der Waals surface area contributed by atoms with Crippen molar-refractivity contribution in [3.8, 4) is 5.75 Å².